The van der Waals surface area contributed by atoms with E-state index >= 15 is 0 Å². The molecule has 0 spiro atoms. The minimum atomic E-state index is -0.105. The summed E-state index contributed by atoms with van der Waals surface area (Å²) in [7, 11) is 1.67. The minimum absolute atomic E-state index is 0.0210. The zero-order valence-corrected chi connectivity index (χ0v) is 13.5. The summed E-state index contributed by atoms with van der Waals surface area (Å²) in [6.07, 6.45) is 2.82. The van der Waals surface area contributed by atoms with Gasteiger partial charge >= 0.3 is 0 Å². The summed E-state index contributed by atoms with van der Waals surface area (Å²) >= 11 is 0. The van der Waals surface area contributed by atoms with Crippen molar-refractivity contribution in [2.24, 2.45) is 5.73 Å². The van der Waals surface area contributed by atoms with Gasteiger partial charge in [-0.05, 0) is 50.6 Å². The standard InChI is InChI=1S/C17H27N3O2/c1-13(18)11-17(21)19-12-16(20-9-3-4-10-20)14-5-7-15(22-2)8-6-14/h5-8,13,16H,3-4,9-12,18H2,1-2H3,(H,19,21). The molecule has 0 aliphatic carbocycles. The second kappa shape index (κ2) is 8.15. The smallest absolute Gasteiger partial charge is 0.221 e. The van der Waals surface area contributed by atoms with Crippen LogP contribution in [0.3, 0.4) is 0 Å². The van der Waals surface area contributed by atoms with Crippen LogP contribution in [0.15, 0.2) is 24.3 Å². The van der Waals surface area contributed by atoms with Gasteiger partial charge in [-0.3, -0.25) is 9.69 Å². The Bertz CT molecular complexity index is 467. The first kappa shape index (κ1) is 16.8. The van der Waals surface area contributed by atoms with E-state index in [0.717, 1.165) is 18.8 Å². The lowest BCUT2D eigenvalue weighted by Gasteiger charge is -2.28. The molecule has 3 N–H and O–H groups in total. The fourth-order valence-corrected chi connectivity index (χ4v) is 2.91. The third-order valence-electron chi connectivity index (χ3n) is 4.08. The first-order valence-corrected chi connectivity index (χ1v) is 8.00. The summed E-state index contributed by atoms with van der Waals surface area (Å²) in [6.45, 7) is 4.64. The van der Waals surface area contributed by atoms with Crippen LogP contribution in [0.5, 0.6) is 5.75 Å². The molecule has 5 heteroatoms. The highest BCUT2D eigenvalue weighted by atomic mass is 16.5. The summed E-state index contributed by atoms with van der Waals surface area (Å²) in [4.78, 5) is 14.3. The van der Waals surface area contributed by atoms with Crippen molar-refractivity contribution in [2.75, 3.05) is 26.7 Å². The van der Waals surface area contributed by atoms with E-state index in [-0.39, 0.29) is 18.0 Å². The zero-order chi connectivity index (χ0) is 15.9. The molecule has 1 aliphatic rings. The fraction of sp³-hybridized carbons (Fsp3) is 0.588. The number of rotatable bonds is 7. The lowest BCUT2D eigenvalue weighted by Crippen LogP contribution is -2.38. The van der Waals surface area contributed by atoms with E-state index in [1.54, 1.807) is 7.11 Å². The summed E-state index contributed by atoms with van der Waals surface area (Å²) in [5.74, 6) is 0.873. The van der Waals surface area contributed by atoms with Crippen molar-refractivity contribution in [3.63, 3.8) is 0 Å². The van der Waals surface area contributed by atoms with Gasteiger partial charge in [0.1, 0.15) is 5.75 Å². The molecule has 1 heterocycles. The predicted molar refractivity (Wildman–Crippen MR) is 87.8 cm³/mol. The second-order valence-corrected chi connectivity index (χ2v) is 6.02. The highest BCUT2D eigenvalue weighted by Gasteiger charge is 2.24. The van der Waals surface area contributed by atoms with Crippen LogP contribution in [0.2, 0.25) is 0 Å². The molecule has 22 heavy (non-hydrogen) atoms. The highest BCUT2D eigenvalue weighted by Crippen LogP contribution is 2.26. The number of nitrogens with two attached hydrogens (primary N) is 1. The average Bonchev–Trinajstić information content (AvgIpc) is 3.01. The maximum absolute atomic E-state index is 11.9. The molecule has 0 bridgehead atoms. The molecule has 2 rings (SSSR count). The van der Waals surface area contributed by atoms with Crippen molar-refractivity contribution in [2.45, 2.75) is 38.3 Å². The van der Waals surface area contributed by atoms with Gasteiger partial charge in [0.25, 0.3) is 0 Å². The molecule has 0 saturated carbocycles. The van der Waals surface area contributed by atoms with Crippen LogP contribution in [0.1, 0.15) is 37.8 Å². The molecule has 2 atom stereocenters. The summed E-state index contributed by atoms with van der Waals surface area (Å²) in [5.41, 5.74) is 6.89. The molecule has 1 fully saturated rings. The van der Waals surface area contributed by atoms with Crippen LogP contribution in [-0.4, -0.2) is 43.6 Å². The Labute approximate surface area is 132 Å². The van der Waals surface area contributed by atoms with Crippen LogP contribution in [0, 0.1) is 0 Å². The number of amides is 1. The van der Waals surface area contributed by atoms with Crippen molar-refractivity contribution in [3.8, 4) is 5.75 Å². The van der Waals surface area contributed by atoms with E-state index in [1.807, 2.05) is 19.1 Å². The van der Waals surface area contributed by atoms with E-state index in [9.17, 15) is 4.79 Å². The number of hydrogen-bond acceptors (Lipinski definition) is 4. The van der Waals surface area contributed by atoms with Gasteiger partial charge in [-0.1, -0.05) is 12.1 Å². The summed E-state index contributed by atoms with van der Waals surface area (Å²) in [5, 5.41) is 3.03. The van der Waals surface area contributed by atoms with Crippen molar-refractivity contribution in [1.82, 2.24) is 10.2 Å². The molecular weight excluding hydrogens is 278 g/mol. The third kappa shape index (κ3) is 4.71. The summed E-state index contributed by atoms with van der Waals surface area (Å²) in [6, 6.07) is 8.22. The molecule has 1 saturated heterocycles. The lowest BCUT2D eigenvalue weighted by atomic mass is 10.0. The fourth-order valence-electron chi connectivity index (χ4n) is 2.91. The Morgan fingerprint density at radius 1 is 1.32 bits per heavy atom. The number of carbonyl (C=O) groups excluding carboxylic acids is 1. The SMILES string of the molecule is COc1ccc(C(CNC(=O)CC(C)N)N2CCCC2)cc1. The van der Waals surface area contributed by atoms with Gasteiger partial charge in [0, 0.05) is 19.0 Å². The van der Waals surface area contributed by atoms with Gasteiger partial charge in [-0.2, -0.15) is 0 Å². The number of hydrogen-bond donors (Lipinski definition) is 2. The van der Waals surface area contributed by atoms with E-state index in [2.05, 4.69) is 22.3 Å². The minimum Gasteiger partial charge on any atom is -0.497 e. The van der Waals surface area contributed by atoms with Crippen molar-refractivity contribution >= 4 is 5.91 Å². The highest BCUT2D eigenvalue weighted by molar-refractivity contribution is 5.76. The molecule has 1 aromatic rings. The Morgan fingerprint density at radius 2 is 1.95 bits per heavy atom. The van der Waals surface area contributed by atoms with Crippen LogP contribution >= 0.6 is 0 Å². The van der Waals surface area contributed by atoms with Crippen LogP contribution in [0.4, 0.5) is 0 Å². The van der Waals surface area contributed by atoms with Gasteiger partial charge in [0.15, 0.2) is 0 Å². The Morgan fingerprint density at radius 3 is 2.50 bits per heavy atom. The molecule has 1 amide bonds. The van der Waals surface area contributed by atoms with Gasteiger partial charge in [0.05, 0.1) is 13.2 Å². The van der Waals surface area contributed by atoms with E-state index in [0.29, 0.717) is 13.0 Å². The Kier molecular flexibility index (Phi) is 6.21. The van der Waals surface area contributed by atoms with Gasteiger partial charge < -0.3 is 15.8 Å². The maximum atomic E-state index is 11.9. The number of methoxy groups -OCH3 is 1. The molecule has 0 radical (unpaired) electrons. The molecule has 5 nitrogen and oxygen atoms in total. The first-order valence-electron chi connectivity index (χ1n) is 8.00. The molecule has 122 valence electrons. The largest absolute Gasteiger partial charge is 0.497 e. The van der Waals surface area contributed by atoms with Gasteiger partial charge in [-0.15, -0.1) is 0 Å². The predicted octanol–water partition coefficient (Wildman–Crippen LogP) is 1.69. The Hall–Kier alpha value is -1.59. The number of ether oxygens (including phenoxy) is 1. The van der Waals surface area contributed by atoms with E-state index in [1.165, 1.54) is 18.4 Å². The first-order chi connectivity index (χ1) is 10.6. The molecular formula is C17H27N3O2. The van der Waals surface area contributed by atoms with Gasteiger partial charge in [0.2, 0.25) is 5.91 Å². The normalized spacial score (nSPS) is 18.0. The summed E-state index contributed by atoms with van der Waals surface area (Å²) < 4.78 is 5.22. The number of benzene rings is 1. The number of carbonyl (C=O) groups is 1. The number of nitrogens with one attached hydrogen (secondary N) is 1. The van der Waals surface area contributed by atoms with Gasteiger partial charge in [-0.25, -0.2) is 0 Å². The number of likely N-dealkylation sites (tertiary alicyclic amines) is 1. The molecule has 1 aromatic carbocycles. The molecule has 0 aromatic heterocycles. The number of nitrogens with zero attached hydrogens (tertiary/aromatic N) is 1. The van der Waals surface area contributed by atoms with Crippen LogP contribution < -0.4 is 15.8 Å². The molecule has 1 aliphatic heterocycles. The Balaban J connectivity index is 2.03. The quantitative estimate of drug-likeness (QED) is 0.804. The second-order valence-electron chi connectivity index (χ2n) is 6.02. The lowest BCUT2D eigenvalue weighted by molar-refractivity contribution is -0.121. The van der Waals surface area contributed by atoms with Crippen molar-refractivity contribution in [1.29, 1.82) is 0 Å². The van der Waals surface area contributed by atoms with Crippen molar-refractivity contribution < 1.29 is 9.53 Å². The average molecular weight is 305 g/mol. The molecule has 2 unspecified atom stereocenters. The monoisotopic (exact) mass is 305 g/mol. The van der Waals surface area contributed by atoms with E-state index in [4.69, 9.17) is 10.5 Å². The zero-order valence-electron chi connectivity index (χ0n) is 13.5. The third-order valence-corrected chi connectivity index (χ3v) is 4.08. The topological polar surface area (TPSA) is 67.6 Å². The maximum Gasteiger partial charge on any atom is 0.221 e. The van der Waals surface area contributed by atoms with Crippen LogP contribution in [-0.2, 0) is 4.79 Å². The van der Waals surface area contributed by atoms with Crippen LogP contribution in [0.25, 0.3) is 0 Å². The van der Waals surface area contributed by atoms with Crippen molar-refractivity contribution in [3.05, 3.63) is 29.8 Å². The van der Waals surface area contributed by atoms with E-state index < -0.39 is 0 Å².